The quantitative estimate of drug-likeness (QED) is 0.475. The van der Waals surface area contributed by atoms with E-state index >= 15 is 0 Å². The minimum absolute atomic E-state index is 1.06. The first kappa shape index (κ1) is 11.9. The lowest BCUT2D eigenvalue weighted by molar-refractivity contribution is 0.939. The summed E-state index contributed by atoms with van der Waals surface area (Å²) < 4.78 is 0. The summed E-state index contributed by atoms with van der Waals surface area (Å²) in [6, 6.07) is 0. The Kier molecular flexibility index (Phi) is 13.2. The Morgan fingerprint density at radius 1 is 1.60 bits per heavy atom. The molecule has 0 aliphatic heterocycles. The van der Waals surface area contributed by atoms with Crippen molar-refractivity contribution in [2.45, 2.75) is 34.1 Å². The average Bonchev–Trinajstić information content (AvgIpc) is 2.04. The molecule has 0 heterocycles. The van der Waals surface area contributed by atoms with Crippen LogP contribution in [0.15, 0.2) is 16.9 Å². The van der Waals surface area contributed by atoms with Gasteiger partial charge in [-0.2, -0.15) is 5.10 Å². The van der Waals surface area contributed by atoms with Gasteiger partial charge in [-0.25, -0.2) is 0 Å². The van der Waals surface area contributed by atoms with E-state index < -0.39 is 0 Å². The van der Waals surface area contributed by atoms with Crippen LogP contribution in [-0.2, 0) is 0 Å². The SMILES string of the molecule is C=NN/C=C(\C)CC.CC. The topological polar surface area (TPSA) is 24.4 Å². The summed E-state index contributed by atoms with van der Waals surface area (Å²) in [4.78, 5) is 0. The minimum Gasteiger partial charge on any atom is -0.286 e. The van der Waals surface area contributed by atoms with E-state index in [0.29, 0.717) is 0 Å². The molecule has 1 N–H and O–H groups in total. The fraction of sp³-hybridized carbons (Fsp3) is 0.625. The number of nitrogens with one attached hydrogen (secondary N) is 1. The van der Waals surface area contributed by atoms with Crippen LogP contribution < -0.4 is 5.43 Å². The molecule has 0 radical (unpaired) electrons. The lowest BCUT2D eigenvalue weighted by Crippen LogP contribution is -1.91. The van der Waals surface area contributed by atoms with Crippen LogP contribution >= 0.6 is 0 Å². The van der Waals surface area contributed by atoms with Crippen molar-refractivity contribution in [3.8, 4) is 0 Å². The molecular formula is C8H18N2. The number of hydrogen-bond donors (Lipinski definition) is 1. The van der Waals surface area contributed by atoms with E-state index in [9.17, 15) is 0 Å². The van der Waals surface area contributed by atoms with E-state index in [1.54, 1.807) is 0 Å². The Hall–Kier alpha value is -0.790. The van der Waals surface area contributed by atoms with E-state index in [4.69, 9.17) is 0 Å². The Morgan fingerprint density at radius 3 is 2.40 bits per heavy atom. The first-order valence-corrected chi connectivity index (χ1v) is 3.68. The van der Waals surface area contributed by atoms with Crippen LogP contribution in [0, 0.1) is 0 Å². The smallest absolute Gasteiger partial charge is 0.0188 e. The molecule has 0 fully saturated rings. The van der Waals surface area contributed by atoms with E-state index in [1.807, 2.05) is 27.0 Å². The van der Waals surface area contributed by atoms with Crippen LogP contribution in [0.2, 0.25) is 0 Å². The molecule has 0 aliphatic rings. The third-order valence-electron chi connectivity index (χ3n) is 0.960. The maximum Gasteiger partial charge on any atom is 0.0188 e. The summed E-state index contributed by atoms with van der Waals surface area (Å²) in [5, 5.41) is 3.45. The second-order valence-electron chi connectivity index (χ2n) is 1.63. The molecular weight excluding hydrogens is 124 g/mol. The van der Waals surface area contributed by atoms with Crippen LogP contribution in [0.4, 0.5) is 0 Å². The van der Waals surface area contributed by atoms with E-state index in [-0.39, 0.29) is 0 Å². The average molecular weight is 142 g/mol. The largest absolute Gasteiger partial charge is 0.286 e. The third-order valence-corrected chi connectivity index (χ3v) is 0.960. The summed E-state index contributed by atoms with van der Waals surface area (Å²) in [6.07, 6.45) is 2.90. The fourth-order valence-electron chi connectivity index (χ4n) is 0.258. The van der Waals surface area contributed by atoms with Gasteiger partial charge in [0.15, 0.2) is 0 Å². The van der Waals surface area contributed by atoms with E-state index in [0.717, 1.165) is 6.42 Å². The predicted molar refractivity (Wildman–Crippen MR) is 48.1 cm³/mol. The van der Waals surface area contributed by atoms with Crippen molar-refractivity contribution in [3.05, 3.63) is 11.8 Å². The van der Waals surface area contributed by atoms with Gasteiger partial charge in [0, 0.05) is 12.9 Å². The first-order chi connectivity index (χ1) is 4.81. The van der Waals surface area contributed by atoms with Crippen LogP contribution in [0.1, 0.15) is 34.1 Å². The van der Waals surface area contributed by atoms with Gasteiger partial charge < -0.3 is 0 Å². The molecule has 0 spiro atoms. The Balaban J connectivity index is 0. The number of rotatable bonds is 3. The zero-order valence-corrected chi connectivity index (χ0v) is 7.44. The lowest BCUT2D eigenvalue weighted by atomic mass is 10.3. The summed E-state index contributed by atoms with van der Waals surface area (Å²) in [5.74, 6) is 0. The van der Waals surface area contributed by atoms with Crippen molar-refractivity contribution in [3.63, 3.8) is 0 Å². The summed E-state index contributed by atoms with van der Waals surface area (Å²) >= 11 is 0. The van der Waals surface area contributed by atoms with E-state index in [1.165, 1.54) is 5.57 Å². The Bertz CT molecular complexity index is 95.4. The highest BCUT2D eigenvalue weighted by Gasteiger charge is 1.77. The maximum atomic E-state index is 3.45. The van der Waals surface area contributed by atoms with Gasteiger partial charge in [-0.1, -0.05) is 26.3 Å². The molecule has 0 unspecified atom stereocenters. The Labute approximate surface area is 64.0 Å². The van der Waals surface area contributed by atoms with Crippen LogP contribution in [-0.4, -0.2) is 6.72 Å². The zero-order chi connectivity index (χ0) is 8.41. The van der Waals surface area contributed by atoms with Gasteiger partial charge in [-0.3, -0.25) is 5.43 Å². The van der Waals surface area contributed by atoms with Crippen LogP contribution in [0.25, 0.3) is 0 Å². The van der Waals surface area contributed by atoms with Gasteiger partial charge in [-0.15, -0.1) is 0 Å². The molecule has 0 saturated carbocycles. The molecule has 0 aliphatic carbocycles. The van der Waals surface area contributed by atoms with Crippen molar-refractivity contribution < 1.29 is 0 Å². The number of hydrogen-bond acceptors (Lipinski definition) is 2. The van der Waals surface area contributed by atoms with Crippen molar-refractivity contribution >= 4 is 6.72 Å². The molecule has 0 bridgehead atoms. The van der Waals surface area contributed by atoms with Crippen molar-refractivity contribution in [2.24, 2.45) is 5.10 Å². The Morgan fingerprint density at radius 2 is 2.10 bits per heavy atom. The molecule has 2 nitrogen and oxygen atoms in total. The second kappa shape index (κ2) is 11.1. The number of allylic oxidation sites excluding steroid dienone is 1. The highest BCUT2D eigenvalue weighted by atomic mass is 15.3. The molecule has 0 saturated heterocycles. The van der Waals surface area contributed by atoms with E-state index in [2.05, 4.69) is 24.2 Å². The predicted octanol–water partition coefficient (Wildman–Crippen LogP) is 2.53. The maximum absolute atomic E-state index is 3.45. The molecule has 2 heteroatoms. The number of nitrogens with zero attached hydrogens (tertiary/aromatic N) is 1. The molecule has 10 heavy (non-hydrogen) atoms. The molecule has 0 rings (SSSR count). The monoisotopic (exact) mass is 142 g/mol. The second-order valence-corrected chi connectivity index (χ2v) is 1.63. The first-order valence-electron chi connectivity index (χ1n) is 3.68. The standard InChI is InChI=1S/C6H12N2.C2H6/c1-4-6(2)5-8-7-3;1-2/h5,8H,3-4H2,1-2H3;1-2H3/b6-5+;. The summed E-state index contributed by atoms with van der Waals surface area (Å²) in [5.41, 5.74) is 3.93. The molecule has 0 amide bonds. The zero-order valence-electron chi connectivity index (χ0n) is 7.44. The highest BCUT2D eigenvalue weighted by molar-refractivity contribution is 5.22. The molecule has 0 atom stereocenters. The molecule has 0 aromatic rings. The van der Waals surface area contributed by atoms with Gasteiger partial charge in [0.1, 0.15) is 0 Å². The van der Waals surface area contributed by atoms with Gasteiger partial charge in [0.05, 0.1) is 0 Å². The molecule has 0 aromatic carbocycles. The summed E-state index contributed by atoms with van der Waals surface area (Å²) in [6.45, 7) is 11.4. The van der Waals surface area contributed by atoms with Crippen molar-refractivity contribution in [1.29, 1.82) is 0 Å². The van der Waals surface area contributed by atoms with Gasteiger partial charge in [0.2, 0.25) is 0 Å². The minimum atomic E-state index is 1.06. The molecule has 60 valence electrons. The van der Waals surface area contributed by atoms with Crippen LogP contribution in [0.5, 0.6) is 0 Å². The van der Waals surface area contributed by atoms with Crippen molar-refractivity contribution in [1.82, 2.24) is 5.43 Å². The third kappa shape index (κ3) is 10.2. The van der Waals surface area contributed by atoms with Gasteiger partial charge in [-0.05, 0) is 13.3 Å². The fourth-order valence-corrected chi connectivity index (χ4v) is 0.258. The summed E-state index contributed by atoms with van der Waals surface area (Å²) in [7, 11) is 0. The molecule has 0 aromatic heterocycles. The highest BCUT2D eigenvalue weighted by Crippen LogP contribution is 1.93. The lowest BCUT2D eigenvalue weighted by Gasteiger charge is -1.91. The number of hydrazone groups is 1. The van der Waals surface area contributed by atoms with Gasteiger partial charge in [0.25, 0.3) is 0 Å². The van der Waals surface area contributed by atoms with Crippen LogP contribution in [0.3, 0.4) is 0 Å². The normalized spacial score (nSPS) is 9.40. The van der Waals surface area contributed by atoms with Crippen molar-refractivity contribution in [2.75, 3.05) is 0 Å². The van der Waals surface area contributed by atoms with Gasteiger partial charge >= 0.3 is 0 Å².